The van der Waals surface area contributed by atoms with Gasteiger partial charge in [-0.3, -0.25) is 9.59 Å². The number of nitrogens with zero attached hydrogens (tertiary/aromatic N) is 3. The smallest absolute Gasteiger partial charge is 0.276 e. The van der Waals surface area contributed by atoms with Gasteiger partial charge < -0.3 is 10.2 Å². The molecule has 1 aliphatic rings. The van der Waals surface area contributed by atoms with Crippen molar-refractivity contribution in [2.45, 2.75) is 26.3 Å². The Labute approximate surface area is 163 Å². The summed E-state index contributed by atoms with van der Waals surface area (Å²) in [7, 11) is 0. The number of fused-ring (bicyclic) bond motifs is 1. The van der Waals surface area contributed by atoms with Crippen LogP contribution in [0.15, 0.2) is 65.5 Å². The molecule has 0 saturated heterocycles. The lowest BCUT2D eigenvalue weighted by Crippen LogP contribution is -2.26. The van der Waals surface area contributed by atoms with E-state index < -0.39 is 0 Å². The lowest BCUT2D eigenvalue weighted by atomic mass is 10.1. The zero-order chi connectivity index (χ0) is 19.5. The van der Waals surface area contributed by atoms with Gasteiger partial charge in [-0.2, -0.15) is 5.10 Å². The molecular weight excluding hydrogens is 352 g/mol. The van der Waals surface area contributed by atoms with Crippen molar-refractivity contribution in [2.24, 2.45) is 0 Å². The first kappa shape index (κ1) is 18.0. The van der Waals surface area contributed by atoms with Gasteiger partial charge in [-0.25, -0.2) is 4.68 Å². The number of benzene rings is 2. The first-order valence-corrected chi connectivity index (χ1v) is 9.51. The van der Waals surface area contributed by atoms with E-state index in [0.29, 0.717) is 6.54 Å². The zero-order valence-corrected chi connectivity index (χ0v) is 15.8. The van der Waals surface area contributed by atoms with Crippen molar-refractivity contribution in [1.82, 2.24) is 9.78 Å². The van der Waals surface area contributed by atoms with E-state index in [1.54, 1.807) is 0 Å². The van der Waals surface area contributed by atoms with E-state index in [2.05, 4.69) is 27.4 Å². The number of anilines is 3. The highest BCUT2D eigenvalue weighted by molar-refractivity contribution is 6.05. The molecule has 0 bridgehead atoms. The summed E-state index contributed by atoms with van der Waals surface area (Å²) >= 11 is 0. The van der Waals surface area contributed by atoms with E-state index in [9.17, 15) is 9.59 Å². The number of aromatic nitrogens is 2. The van der Waals surface area contributed by atoms with Gasteiger partial charge in [0.1, 0.15) is 5.69 Å². The molecule has 0 spiro atoms. The van der Waals surface area contributed by atoms with Crippen LogP contribution in [0, 0.1) is 0 Å². The van der Waals surface area contributed by atoms with Crippen molar-refractivity contribution in [3.05, 3.63) is 82.3 Å². The first-order chi connectivity index (χ1) is 13.7. The Morgan fingerprint density at radius 1 is 1.04 bits per heavy atom. The topological polar surface area (TPSA) is 67.2 Å². The average molecular weight is 374 g/mol. The van der Waals surface area contributed by atoms with Crippen molar-refractivity contribution in [2.75, 3.05) is 16.8 Å². The second kappa shape index (κ2) is 7.68. The summed E-state index contributed by atoms with van der Waals surface area (Å²) in [6.07, 6.45) is 1.75. The molecule has 1 N–H and O–H groups in total. The fourth-order valence-electron chi connectivity index (χ4n) is 3.53. The predicted molar refractivity (Wildman–Crippen MR) is 110 cm³/mol. The van der Waals surface area contributed by atoms with E-state index in [1.807, 2.05) is 43.3 Å². The van der Waals surface area contributed by atoms with E-state index in [0.717, 1.165) is 30.8 Å². The van der Waals surface area contributed by atoms with Crippen LogP contribution in [0.3, 0.4) is 0 Å². The number of amides is 1. The van der Waals surface area contributed by atoms with Crippen LogP contribution in [0.1, 0.15) is 29.4 Å². The Morgan fingerprint density at radius 2 is 1.79 bits per heavy atom. The predicted octanol–water partition coefficient (Wildman–Crippen LogP) is 3.60. The summed E-state index contributed by atoms with van der Waals surface area (Å²) in [5, 5.41) is 7.16. The van der Waals surface area contributed by atoms with Crippen LogP contribution in [0.4, 0.5) is 17.1 Å². The van der Waals surface area contributed by atoms with Crippen molar-refractivity contribution < 1.29 is 4.79 Å². The van der Waals surface area contributed by atoms with Crippen LogP contribution in [0.2, 0.25) is 0 Å². The highest BCUT2D eigenvalue weighted by Gasteiger charge is 2.22. The molecule has 0 unspecified atom stereocenters. The molecule has 0 aliphatic carbocycles. The first-order valence-electron chi connectivity index (χ1n) is 9.51. The minimum atomic E-state index is -0.329. The largest absolute Gasteiger partial charge is 0.339 e. The minimum absolute atomic E-state index is 0.201. The van der Waals surface area contributed by atoms with Gasteiger partial charge in [0, 0.05) is 24.8 Å². The maximum atomic E-state index is 12.8. The molecule has 1 aromatic heterocycles. The highest BCUT2D eigenvalue weighted by atomic mass is 16.2. The van der Waals surface area contributed by atoms with Gasteiger partial charge in [0.2, 0.25) is 0 Å². The summed E-state index contributed by atoms with van der Waals surface area (Å²) in [4.78, 5) is 26.9. The number of carbonyl (C=O) groups excluding carboxylic acids is 1. The van der Waals surface area contributed by atoms with Crippen molar-refractivity contribution >= 4 is 23.0 Å². The fourth-order valence-corrected chi connectivity index (χ4v) is 3.53. The maximum Gasteiger partial charge on any atom is 0.276 e. The Bertz CT molecular complexity index is 1070. The van der Waals surface area contributed by atoms with Crippen LogP contribution in [0.25, 0.3) is 0 Å². The molecule has 0 saturated carbocycles. The second-order valence-corrected chi connectivity index (χ2v) is 6.78. The molecule has 0 atom stereocenters. The molecule has 0 radical (unpaired) electrons. The lowest BCUT2D eigenvalue weighted by Gasteiger charge is -2.23. The minimum Gasteiger partial charge on any atom is -0.339 e. The Kier molecular flexibility index (Phi) is 4.93. The number of rotatable bonds is 5. The third-order valence-corrected chi connectivity index (χ3v) is 4.86. The molecule has 28 heavy (non-hydrogen) atoms. The van der Waals surface area contributed by atoms with Gasteiger partial charge in [0.05, 0.1) is 11.4 Å². The average Bonchev–Trinajstić information content (AvgIpc) is 3.14. The summed E-state index contributed by atoms with van der Waals surface area (Å²) in [6.45, 7) is 3.32. The summed E-state index contributed by atoms with van der Waals surface area (Å²) in [5.74, 6) is -0.329. The van der Waals surface area contributed by atoms with Crippen molar-refractivity contribution in [1.29, 1.82) is 0 Å². The van der Waals surface area contributed by atoms with E-state index in [1.165, 1.54) is 28.1 Å². The Morgan fingerprint density at radius 3 is 2.61 bits per heavy atom. The number of nitrogens with one attached hydrogen (secondary N) is 1. The lowest BCUT2D eigenvalue weighted by molar-refractivity contribution is 0.102. The Hall–Kier alpha value is -3.41. The number of hydrogen-bond donors (Lipinski definition) is 1. The molecule has 1 aliphatic heterocycles. The molecule has 6 nitrogen and oxygen atoms in total. The Balaban J connectivity index is 1.63. The summed E-state index contributed by atoms with van der Waals surface area (Å²) in [5.41, 5.74) is 4.16. The van der Waals surface area contributed by atoms with Crippen LogP contribution in [-0.2, 0) is 13.0 Å². The van der Waals surface area contributed by atoms with E-state index in [-0.39, 0.29) is 17.2 Å². The third kappa shape index (κ3) is 3.41. The maximum absolute atomic E-state index is 12.8. The van der Waals surface area contributed by atoms with Crippen molar-refractivity contribution in [3.63, 3.8) is 0 Å². The summed E-state index contributed by atoms with van der Waals surface area (Å²) < 4.78 is 1.33. The molecule has 2 aromatic carbocycles. The number of para-hydroxylation sites is 3. The van der Waals surface area contributed by atoms with Crippen LogP contribution in [0.5, 0.6) is 0 Å². The molecule has 0 fully saturated rings. The van der Waals surface area contributed by atoms with Crippen molar-refractivity contribution in [3.8, 4) is 0 Å². The van der Waals surface area contributed by atoms with Crippen LogP contribution in [-0.4, -0.2) is 22.2 Å². The number of hydrogen-bond acceptors (Lipinski definition) is 4. The summed E-state index contributed by atoms with van der Waals surface area (Å²) in [6, 6.07) is 18.9. The highest BCUT2D eigenvalue weighted by Crippen LogP contribution is 2.38. The second-order valence-electron chi connectivity index (χ2n) is 6.78. The van der Waals surface area contributed by atoms with Crippen LogP contribution >= 0.6 is 0 Å². The van der Waals surface area contributed by atoms with Gasteiger partial charge in [-0.1, -0.05) is 37.3 Å². The zero-order valence-electron chi connectivity index (χ0n) is 15.8. The van der Waals surface area contributed by atoms with E-state index >= 15 is 0 Å². The van der Waals surface area contributed by atoms with Gasteiger partial charge in [0.25, 0.3) is 11.5 Å². The van der Waals surface area contributed by atoms with Gasteiger partial charge in [0.15, 0.2) is 0 Å². The third-order valence-electron chi connectivity index (χ3n) is 4.86. The standard InChI is InChI=1S/C22H22N4O2/c1-2-14-26-21(27)12-11-18(24-26)22(28)23-17-8-4-6-10-20(17)25-15-13-16-7-3-5-9-19(16)25/h3-12H,2,13-15H2,1H3,(H,23,28). The van der Waals surface area contributed by atoms with Gasteiger partial charge >= 0.3 is 0 Å². The number of aryl methyl sites for hydroxylation is 1. The number of carbonyl (C=O) groups is 1. The molecule has 142 valence electrons. The SMILES string of the molecule is CCCn1nc(C(=O)Nc2ccccc2N2CCc3ccccc32)ccc1=O. The molecule has 1 amide bonds. The van der Waals surface area contributed by atoms with Crippen LogP contribution < -0.4 is 15.8 Å². The monoisotopic (exact) mass is 374 g/mol. The quantitative estimate of drug-likeness (QED) is 0.741. The molecular formula is C22H22N4O2. The molecule has 6 heteroatoms. The molecule has 2 heterocycles. The van der Waals surface area contributed by atoms with E-state index in [4.69, 9.17) is 0 Å². The molecule has 4 rings (SSSR count). The fraction of sp³-hybridized carbons (Fsp3) is 0.227. The normalized spacial score (nSPS) is 12.7. The van der Waals surface area contributed by atoms with Gasteiger partial charge in [-0.05, 0) is 42.7 Å². The van der Waals surface area contributed by atoms with Gasteiger partial charge in [-0.15, -0.1) is 0 Å². The molecule has 3 aromatic rings.